The lowest BCUT2D eigenvalue weighted by molar-refractivity contribution is 0.0989. The molecule has 5 nitrogen and oxygen atoms in total. The quantitative estimate of drug-likeness (QED) is 0.889. The maximum Gasteiger partial charge on any atom is 0.317 e. The maximum absolute atomic E-state index is 12.2. The predicted octanol–water partition coefficient (Wildman–Crippen LogP) is 3.24. The summed E-state index contributed by atoms with van der Waals surface area (Å²) in [6.07, 6.45) is 3.27. The zero-order chi connectivity index (χ0) is 18.4. The minimum atomic E-state index is 0.0112. The van der Waals surface area contributed by atoms with Gasteiger partial charge in [-0.3, -0.25) is 4.90 Å². The molecule has 1 fully saturated rings. The molecular weight excluding hydrogens is 324 g/mol. The first-order valence-electron chi connectivity index (χ1n) is 9.81. The summed E-state index contributed by atoms with van der Waals surface area (Å²) in [4.78, 5) is 20.0. The number of hydrogen-bond donors (Lipinski definition) is 2. The monoisotopic (exact) mass is 354 g/mol. The van der Waals surface area contributed by atoms with Crippen molar-refractivity contribution in [1.29, 1.82) is 0 Å². The third-order valence-corrected chi connectivity index (χ3v) is 6.16. The molecule has 1 saturated heterocycles. The lowest BCUT2D eigenvalue weighted by Crippen LogP contribution is -2.57. The number of urea groups is 1. The number of hydrogen-bond acceptors (Lipinski definition) is 2. The van der Waals surface area contributed by atoms with E-state index in [-0.39, 0.29) is 12.1 Å². The molecule has 2 amide bonds. The molecule has 0 bridgehead atoms. The molecule has 26 heavy (non-hydrogen) atoms. The smallest absolute Gasteiger partial charge is 0.317 e. The van der Waals surface area contributed by atoms with Crippen LogP contribution in [0.3, 0.4) is 0 Å². The number of benzene rings is 1. The topological polar surface area (TPSA) is 51.4 Å². The molecule has 1 aromatic heterocycles. The average molecular weight is 354 g/mol. The number of rotatable bonds is 3. The van der Waals surface area contributed by atoms with Gasteiger partial charge in [-0.2, -0.15) is 0 Å². The third kappa shape index (κ3) is 2.78. The lowest BCUT2D eigenvalue weighted by Gasteiger charge is -2.47. The largest absolute Gasteiger partial charge is 0.358 e. The standard InChI is InChI=1S/C21H30N4O/c1-5-9-25-12-14(23-21(26)24(3)4)10-17-15-7-6-8-18-20(15)16(11-19(17)25)13(2)22-18/h6-8,14,17,19,22H,5,9-12H2,1-4H3,(H,23,26)/t14-,17+,19+/m0/s1. The molecular formula is C21H30N4O. The van der Waals surface area contributed by atoms with E-state index in [4.69, 9.17) is 0 Å². The van der Waals surface area contributed by atoms with Gasteiger partial charge in [-0.25, -0.2) is 4.79 Å². The maximum atomic E-state index is 12.2. The molecule has 3 atom stereocenters. The number of amides is 2. The van der Waals surface area contributed by atoms with Crippen molar-refractivity contribution in [3.63, 3.8) is 0 Å². The zero-order valence-electron chi connectivity index (χ0n) is 16.3. The second-order valence-electron chi connectivity index (χ2n) is 8.15. The molecule has 2 heterocycles. The fraction of sp³-hybridized carbons (Fsp3) is 0.571. The Bertz CT molecular complexity index is 825. The Morgan fingerprint density at radius 1 is 1.38 bits per heavy atom. The molecule has 1 aliphatic heterocycles. The number of carbonyl (C=O) groups excluding carboxylic acids is 1. The van der Waals surface area contributed by atoms with Gasteiger partial charge in [0.25, 0.3) is 0 Å². The Balaban J connectivity index is 1.71. The molecule has 140 valence electrons. The van der Waals surface area contributed by atoms with Gasteiger partial charge in [-0.1, -0.05) is 19.1 Å². The number of fused-ring (bicyclic) bond motifs is 2. The van der Waals surface area contributed by atoms with Crippen LogP contribution in [0.5, 0.6) is 0 Å². The summed E-state index contributed by atoms with van der Waals surface area (Å²) in [6.45, 7) is 6.48. The van der Waals surface area contributed by atoms with E-state index in [2.05, 4.69) is 47.2 Å². The number of nitrogens with one attached hydrogen (secondary N) is 2. The van der Waals surface area contributed by atoms with Crippen LogP contribution in [0.1, 0.15) is 42.5 Å². The van der Waals surface area contributed by atoms with Gasteiger partial charge >= 0.3 is 6.03 Å². The molecule has 1 aromatic carbocycles. The summed E-state index contributed by atoms with van der Waals surface area (Å²) in [6, 6.07) is 7.41. The Morgan fingerprint density at radius 3 is 2.92 bits per heavy atom. The summed E-state index contributed by atoms with van der Waals surface area (Å²) in [5.41, 5.74) is 5.53. The molecule has 2 aliphatic rings. The Labute approximate surface area is 155 Å². The van der Waals surface area contributed by atoms with Crippen LogP contribution in [0.25, 0.3) is 10.9 Å². The highest BCUT2D eigenvalue weighted by Crippen LogP contribution is 2.44. The summed E-state index contributed by atoms with van der Waals surface area (Å²) in [5.74, 6) is 0.481. The van der Waals surface area contributed by atoms with Crippen molar-refractivity contribution in [1.82, 2.24) is 20.1 Å². The van der Waals surface area contributed by atoms with Crippen molar-refractivity contribution in [3.05, 3.63) is 35.0 Å². The van der Waals surface area contributed by atoms with Crippen LogP contribution in [0, 0.1) is 6.92 Å². The van der Waals surface area contributed by atoms with E-state index >= 15 is 0 Å². The van der Waals surface area contributed by atoms with Crippen molar-refractivity contribution < 1.29 is 4.79 Å². The van der Waals surface area contributed by atoms with Gasteiger partial charge in [-0.15, -0.1) is 0 Å². The minimum absolute atomic E-state index is 0.0112. The van der Waals surface area contributed by atoms with E-state index < -0.39 is 0 Å². The van der Waals surface area contributed by atoms with Crippen LogP contribution >= 0.6 is 0 Å². The van der Waals surface area contributed by atoms with Crippen molar-refractivity contribution in [2.75, 3.05) is 27.2 Å². The van der Waals surface area contributed by atoms with E-state index in [1.54, 1.807) is 19.0 Å². The first-order chi connectivity index (χ1) is 12.5. The number of carbonyl (C=O) groups is 1. The van der Waals surface area contributed by atoms with Gasteiger partial charge in [0.15, 0.2) is 0 Å². The van der Waals surface area contributed by atoms with Crippen LogP contribution < -0.4 is 5.32 Å². The highest BCUT2D eigenvalue weighted by molar-refractivity contribution is 5.89. The molecule has 0 spiro atoms. The molecule has 1 aliphatic carbocycles. The van der Waals surface area contributed by atoms with E-state index in [1.807, 2.05) is 0 Å². The molecule has 0 radical (unpaired) electrons. The number of aromatic amines is 1. The summed E-state index contributed by atoms with van der Waals surface area (Å²) >= 11 is 0. The lowest BCUT2D eigenvalue weighted by atomic mass is 9.73. The number of likely N-dealkylation sites (tertiary alicyclic amines) is 1. The van der Waals surface area contributed by atoms with Gasteiger partial charge in [0.1, 0.15) is 0 Å². The molecule has 2 aromatic rings. The fourth-order valence-corrected chi connectivity index (χ4v) is 5.02. The molecule has 0 unspecified atom stereocenters. The minimum Gasteiger partial charge on any atom is -0.358 e. The Kier molecular flexibility index (Phi) is 4.43. The van der Waals surface area contributed by atoms with Gasteiger partial charge in [-0.05, 0) is 49.9 Å². The van der Waals surface area contributed by atoms with Crippen LogP contribution in [0.4, 0.5) is 4.79 Å². The van der Waals surface area contributed by atoms with Crippen LogP contribution in [0.2, 0.25) is 0 Å². The summed E-state index contributed by atoms with van der Waals surface area (Å²) in [5, 5.41) is 4.67. The Morgan fingerprint density at radius 2 is 2.19 bits per heavy atom. The van der Waals surface area contributed by atoms with Crippen LogP contribution in [-0.4, -0.2) is 60.1 Å². The van der Waals surface area contributed by atoms with Crippen molar-refractivity contribution in [2.45, 2.75) is 51.1 Å². The van der Waals surface area contributed by atoms with Gasteiger partial charge in [0, 0.05) is 55.2 Å². The van der Waals surface area contributed by atoms with Crippen LogP contribution in [0.15, 0.2) is 18.2 Å². The second-order valence-corrected chi connectivity index (χ2v) is 8.15. The molecule has 4 rings (SSSR count). The zero-order valence-corrected chi connectivity index (χ0v) is 16.3. The third-order valence-electron chi connectivity index (χ3n) is 6.16. The van der Waals surface area contributed by atoms with Crippen molar-refractivity contribution in [2.24, 2.45) is 0 Å². The molecule has 0 saturated carbocycles. The first-order valence-corrected chi connectivity index (χ1v) is 9.81. The second kappa shape index (κ2) is 6.62. The van der Waals surface area contributed by atoms with Crippen LogP contribution in [-0.2, 0) is 6.42 Å². The Hall–Kier alpha value is -2.01. The normalized spacial score (nSPS) is 25.2. The fourth-order valence-electron chi connectivity index (χ4n) is 5.02. The van der Waals surface area contributed by atoms with Crippen molar-refractivity contribution in [3.8, 4) is 0 Å². The van der Waals surface area contributed by atoms with E-state index in [0.29, 0.717) is 12.0 Å². The number of aryl methyl sites for hydroxylation is 1. The number of H-pyrrole nitrogens is 1. The average Bonchev–Trinajstić information content (AvgIpc) is 2.93. The van der Waals surface area contributed by atoms with Gasteiger partial charge in [0.05, 0.1) is 0 Å². The number of piperidine rings is 1. The van der Waals surface area contributed by atoms with Gasteiger partial charge < -0.3 is 15.2 Å². The van der Waals surface area contributed by atoms with Gasteiger partial charge in [0.2, 0.25) is 0 Å². The highest BCUT2D eigenvalue weighted by atomic mass is 16.2. The molecule has 2 N–H and O–H groups in total. The predicted molar refractivity (Wildman–Crippen MR) is 106 cm³/mol. The SMILES string of the molecule is CCCN1C[C@@H](NC(=O)N(C)C)C[C@@H]2c3cccc4[nH]c(C)c(c34)C[C@H]21. The highest BCUT2D eigenvalue weighted by Gasteiger charge is 2.41. The molecule has 5 heteroatoms. The van der Waals surface area contributed by atoms with E-state index in [9.17, 15) is 4.79 Å². The summed E-state index contributed by atoms with van der Waals surface area (Å²) < 4.78 is 0. The van der Waals surface area contributed by atoms with Crippen molar-refractivity contribution >= 4 is 16.9 Å². The van der Waals surface area contributed by atoms with E-state index in [0.717, 1.165) is 32.4 Å². The number of nitrogens with zero attached hydrogens (tertiary/aromatic N) is 2. The first kappa shape index (κ1) is 17.4. The summed E-state index contributed by atoms with van der Waals surface area (Å²) in [7, 11) is 3.61. The number of aromatic nitrogens is 1. The van der Waals surface area contributed by atoms with E-state index in [1.165, 1.54) is 27.7 Å².